The van der Waals surface area contributed by atoms with Crippen molar-refractivity contribution in [2.45, 2.75) is 51.9 Å². The molecule has 2 nitrogen and oxygen atoms in total. The van der Waals surface area contributed by atoms with Crippen LogP contribution in [0.25, 0.3) is 0 Å². The molecule has 0 aliphatic carbocycles. The largest absolute Gasteiger partial charge is 0.490 e. The zero-order valence-electron chi connectivity index (χ0n) is 10.3. The van der Waals surface area contributed by atoms with E-state index >= 15 is 0 Å². The Labute approximate surface area is 98.4 Å². The second kappa shape index (κ2) is 7.26. The molecule has 2 heteroatoms. The number of hydrogen-bond acceptors (Lipinski definition) is 2. The second-order valence-corrected chi connectivity index (χ2v) is 4.30. The van der Waals surface area contributed by atoms with Crippen LogP contribution in [0.1, 0.15) is 51.9 Å². The first kappa shape index (κ1) is 13.0. The lowest BCUT2D eigenvalue weighted by atomic mass is 10.0. The second-order valence-electron chi connectivity index (χ2n) is 4.30. The number of allylic oxidation sites excluding steroid dienone is 2. The zero-order valence-corrected chi connectivity index (χ0v) is 10.3. The molecule has 0 fully saturated rings. The molecule has 0 aromatic carbocycles. The topological polar surface area (TPSA) is 26.3 Å². The number of carbonyl (C=O) groups is 1. The van der Waals surface area contributed by atoms with E-state index in [0.29, 0.717) is 17.9 Å². The zero-order chi connectivity index (χ0) is 11.8. The van der Waals surface area contributed by atoms with Gasteiger partial charge in [-0.2, -0.15) is 0 Å². The van der Waals surface area contributed by atoms with Gasteiger partial charge in [-0.1, -0.05) is 32.8 Å². The van der Waals surface area contributed by atoms with Gasteiger partial charge in [-0.25, -0.2) is 0 Å². The highest BCUT2D eigenvalue weighted by atomic mass is 16.5. The fourth-order valence-corrected chi connectivity index (χ4v) is 1.77. The fourth-order valence-electron chi connectivity index (χ4n) is 1.77. The van der Waals surface area contributed by atoms with Gasteiger partial charge in [0.05, 0.1) is 6.61 Å². The van der Waals surface area contributed by atoms with Gasteiger partial charge in [-0.15, -0.1) is 0 Å². The summed E-state index contributed by atoms with van der Waals surface area (Å²) < 4.78 is 5.34. The van der Waals surface area contributed by atoms with Crippen molar-refractivity contribution in [2.24, 2.45) is 0 Å². The van der Waals surface area contributed by atoms with Crippen LogP contribution < -0.4 is 0 Å². The van der Waals surface area contributed by atoms with Crippen LogP contribution in [0.3, 0.4) is 0 Å². The number of carbonyl (C=O) groups excluding carboxylic acids is 1. The molecular weight excluding hydrogens is 200 g/mol. The maximum absolute atomic E-state index is 11.9. The molecule has 90 valence electrons. The van der Waals surface area contributed by atoms with E-state index in [9.17, 15) is 4.79 Å². The highest BCUT2D eigenvalue weighted by molar-refractivity contribution is 6.06. The number of hydrogen-bond donors (Lipinski definition) is 0. The van der Waals surface area contributed by atoms with Crippen molar-refractivity contribution in [1.82, 2.24) is 0 Å². The monoisotopic (exact) mass is 222 g/mol. The summed E-state index contributed by atoms with van der Waals surface area (Å²) in [6.45, 7) is 6.71. The van der Waals surface area contributed by atoms with Gasteiger partial charge in [-0.3, -0.25) is 4.79 Å². The number of ketones is 1. The van der Waals surface area contributed by atoms with Gasteiger partial charge in [0.2, 0.25) is 5.78 Å². The van der Waals surface area contributed by atoms with Crippen LogP contribution in [0.15, 0.2) is 24.0 Å². The van der Waals surface area contributed by atoms with Crippen molar-refractivity contribution in [3.8, 4) is 0 Å². The molecule has 0 N–H and O–H groups in total. The molecule has 0 saturated heterocycles. The molecule has 16 heavy (non-hydrogen) atoms. The summed E-state index contributed by atoms with van der Waals surface area (Å²) >= 11 is 0. The van der Waals surface area contributed by atoms with E-state index in [0.717, 1.165) is 25.7 Å². The summed E-state index contributed by atoms with van der Waals surface area (Å²) in [5.74, 6) is 0.530. The Morgan fingerprint density at radius 3 is 2.88 bits per heavy atom. The minimum atomic E-state index is 0.0104. The van der Waals surface area contributed by atoms with E-state index in [1.807, 2.05) is 6.08 Å². The van der Waals surface area contributed by atoms with E-state index in [-0.39, 0.29) is 5.78 Å². The lowest BCUT2D eigenvalue weighted by Gasteiger charge is -2.14. The van der Waals surface area contributed by atoms with Crippen molar-refractivity contribution in [3.05, 3.63) is 24.0 Å². The lowest BCUT2D eigenvalue weighted by Crippen LogP contribution is -2.12. The van der Waals surface area contributed by atoms with Gasteiger partial charge >= 0.3 is 0 Å². The van der Waals surface area contributed by atoms with Crippen molar-refractivity contribution in [1.29, 1.82) is 0 Å². The third-order valence-electron chi connectivity index (χ3n) is 2.81. The highest BCUT2D eigenvalue weighted by Crippen LogP contribution is 2.17. The number of rotatable bonds is 7. The Morgan fingerprint density at radius 1 is 1.44 bits per heavy atom. The van der Waals surface area contributed by atoms with Gasteiger partial charge in [0.1, 0.15) is 0 Å². The van der Waals surface area contributed by atoms with Crippen molar-refractivity contribution in [3.63, 3.8) is 0 Å². The summed E-state index contributed by atoms with van der Waals surface area (Å²) in [6.07, 6.45) is 9.36. The Morgan fingerprint density at radius 2 is 2.25 bits per heavy atom. The SMILES string of the molecule is C=C(CCCCCC)C(=O)C1=CCCCO1. The van der Waals surface area contributed by atoms with Gasteiger partial charge < -0.3 is 4.74 Å². The van der Waals surface area contributed by atoms with Crippen LogP contribution in [0.5, 0.6) is 0 Å². The van der Waals surface area contributed by atoms with Crippen molar-refractivity contribution < 1.29 is 9.53 Å². The molecule has 0 amide bonds. The standard InChI is InChI=1S/C14H22O2/c1-3-4-5-6-9-12(2)14(15)13-10-7-8-11-16-13/h10H,2-9,11H2,1H3. The van der Waals surface area contributed by atoms with E-state index in [4.69, 9.17) is 4.74 Å². The quantitative estimate of drug-likeness (QED) is 0.484. The minimum Gasteiger partial charge on any atom is -0.490 e. The van der Waals surface area contributed by atoms with Crippen LogP contribution >= 0.6 is 0 Å². The lowest BCUT2D eigenvalue weighted by molar-refractivity contribution is -0.115. The number of Topliss-reactive ketones (excluding diaryl/α,β-unsaturated/α-hetero) is 1. The van der Waals surface area contributed by atoms with E-state index in [1.165, 1.54) is 19.3 Å². The Balaban J connectivity index is 2.30. The highest BCUT2D eigenvalue weighted by Gasteiger charge is 2.16. The Hall–Kier alpha value is -1.05. The van der Waals surface area contributed by atoms with Gasteiger partial charge in [0, 0.05) is 0 Å². The molecule has 0 unspecified atom stereocenters. The molecule has 0 aromatic heterocycles. The smallest absolute Gasteiger partial charge is 0.222 e. The van der Waals surface area contributed by atoms with Gasteiger partial charge in [0.25, 0.3) is 0 Å². The molecule has 0 aromatic rings. The molecule has 1 heterocycles. The molecule has 1 rings (SSSR count). The molecule has 0 saturated carbocycles. The fraction of sp³-hybridized carbons (Fsp3) is 0.643. The number of ether oxygens (including phenoxy) is 1. The minimum absolute atomic E-state index is 0.0104. The normalized spacial score (nSPS) is 15.2. The van der Waals surface area contributed by atoms with Crippen LogP contribution in [0, 0.1) is 0 Å². The average molecular weight is 222 g/mol. The predicted molar refractivity (Wildman–Crippen MR) is 66.2 cm³/mol. The summed E-state index contributed by atoms with van der Waals surface area (Å²) in [5, 5.41) is 0. The van der Waals surface area contributed by atoms with Crippen LogP contribution in [-0.2, 0) is 9.53 Å². The maximum atomic E-state index is 11.9. The Bertz CT molecular complexity index is 276. The average Bonchev–Trinajstić information content (AvgIpc) is 2.34. The van der Waals surface area contributed by atoms with Crippen LogP contribution in [-0.4, -0.2) is 12.4 Å². The third-order valence-corrected chi connectivity index (χ3v) is 2.81. The first-order valence-electron chi connectivity index (χ1n) is 6.31. The predicted octanol–water partition coefficient (Wildman–Crippen LogP) is 3.78. The summed E-state index contributed by atoms with van der Waals surface area (Å²) in [4.78, 5) is 11.9. The molecule has 0 bridgehead atoms. The van der Waals surface area contributed by atoms with Crippen LogP contribution in [0.4, 0.5) is 0 Å². The van der Waals surface area contributed by atoms with Crippen molar-refractivity contribution >= 4 is 5.78 Å². The Kier molecular flexibility index (Phi) is 5.91. The number of unbranched alkanes of at least 4 members (excludes halogenated alkanes) is 3. The van der Waals surface area contributed by atoms with E-state index in [1.54, 1.807) is 0 Å². The molecule has 1 aliphatic heterocycles. The molecule has 0 radical (unpaired) electrons. The molecular formula is C14H22O2. The van der Waals surface area contributed by atoms with Crippen molar-refractivity contribution in [2.75, 3.05) is 6.61 Å². The molecule has 0 spiro atoms. The van der Waals surface area contributed by atoms with Gasteiger partial charge in [-0.05, 0) is 37.3 Å². The summed E-state index contributed by atoms with van der Waals surface area (Å²) in [6, 6.07) is 0. The third kappa shape index (κ3) is 4.21. The molecule has 1 aliphatic rings. The van der Waals surface area contributed by atoms with E-state index < -0.39 is 0 Å². The van der Waals surface area contributed by atoms with Gasteiger partial charge in [0.15, 0.2) is 5.76 Å². The van der Waals surface area contributed by atoms with E-state index in [2.05, 4.69) is 13.5 Å². The first-order chi connectivity index (χ1) is 7.75. The maximum Gasteiger partial charge on any atom is 0.222 e. The first-order valence-corrected chi connectivity index (χ1v) is 6.31. The van der Waals surface area contributed by atoms with Crippen LogP contribution in [0.2, 0.25) is 0 Å². The summed E-state index contributed by atoms with van der Waals surface area (Å²) in [5.41, 5.74) is 0.698. The molecule has 0 atom stereocenters. The summed E-state index contributed by atoms with van der Waals surface area (Å²) in [7, 11) is 0.